The fraction of sp³-hybridized carbons (Fsp3) is 0.500. The summed E-state index contributed by atoms with van der Waals surface area (Å²) in [6.45, 7) is 2.67. The van der Waals surface area contributed by atoms with Crippen molar-refractivity contribution in [1.82, 2.24) is 24.5 Å². The van der Waals surface area contributed by atoms with Gasteiger partial charge < -0.3 is 20.1 Å². The first kappa shape index (κ1) is 20.3. The standard InChI is InChI=1S/C20H25FN6O3/c1-11(26(2)19(28)15-7-8-30-15)5-4-6-17-24-18-12-9-13(21)16(29-3)10-14(12)23-20(22)27(18)25-17/h9-11,15H,4-8H2,1-3H3,(H2,22,23)/t11-,15?/m0/s1. The van der Waals surface area contributed by atoms with Crippen LogP contribution >= 0.6 is 0 Å². The number of likely N-dealkylation sites (N-methyl/N-ethyl adjacent to an activating group) is 1. The predicted molar refractivity (Wildman–Crippen MR) is 109 cm³/mol. The summed E-state index contributed by atoms with van der Waals surface area (Å²) in [4.78, 5) is 22.8. The number of hydrogen-bond acceptors (Lipinski definition) is 7. The van der Waals surface area contributed by atoms with E-state index in [0.29, 0.717) is 35.4 Å². The number of hydrogen-bond donors (Lipinski definition) is 1. The number of carbonyl (C=O) groups excluding carboxylic acids is 1. The van der Waals surface area contributed by atoms with Crippen molar-refractivity contribution in [2.45, 2.75) is 44.8 Å². The maximum absolute atomic E-state index is 14.2. The Morgan fingerprint density at radius 2 is 2.23 bits per heavy atom. The number of ether oxygens (including phenoxy) is 2. The van der Waals surface area contributed by atoms with Gasteiger partial charge in [0, 0.05) is 37.4 Å². The number of benzene rings is 1. The van der Waals surface area contributed by atoms with E-state index in [1.54, 1.807) is 11.9 Å². The summed E-state index contributed by atoms with van der Waals surface area (Å²) in [5, 5.41) is 4.94. The first-order valence-corrected chi connectivity index (χ1v) is 9.95. The van der Waals surface area contributed by atoms with Gasteiger partial charge in [-0.3, -0.25) is 4.79 Å². The molecule has 3 aromatic rings. The largest absolute Gasteiger partial charge is 0.494 e. The summed E-state index contributed by atoms with van der Waals surface area (Å²) >= 11 is 0. The SMILES string of the molecule is COc1cc2nc(N)n3nc(CCC[C@H](C)N(C)C(=O)C4CCO4)nc3c2cc1F. The quantitative estimate of drug-likeness (QED) is 0.627. The van der Waals surface area contributed by atoms with Crippen LogP contribution in [0, 0.1) is 5.82 Å². The lowest BCUT2D eigenvalue weighted by Crippen LogP contribution is -2.47. The highest BCUT2D eigenvalue weighted by molar-refractivity contribution is 5.93. The van der Waals surface area contributed by atoms with Crippen molar-refractivity contribution in [2.75, 3.05) is 26.5 Å². The Balaban J connectivity index is 1.48. The zero-order valence-electron chi connectivity index (χ0n) is 17.3. The lowest BCUT2D eigenvalue weighted by atomic mass is 10.1. The Bertz CT molecular complexity index is 1100. The molecule has 1 saturated heterocycles. The number of methoxy groups -OCH3 is 1. The summed E-state index contributed by atoms with van der Waals surface area (Å²) in [6, 6.07) is 2.91. The number of aryl methyl sites for hydroxylation is 1. The maximum atomic E-state index is 14.2. The Morgan fingerprint density at radius 1 is 1.47 bits per heavy atom. The van der Waals surface area contributed by atoms with Gasteiger partial charge in [0.15, 0.2) is 23.0 Å². The van der Waals surface area contributed by atoms with E-state index in [0.717, 1.165) is 19.3 Å². The van der Waals surface area contributed by atoms with Crippen molar-refractivity contribution in [3.05, 3.63) is 23.8 Å². The third kappa shape index (κ3) is 3.62. The van der Waals surface area contributed by atoms with E-state index < -0.39 is 5.82 Å². The van der Waals surface area contributed by atoms with Gasteiger partial charge in [-0.25, -0.2) is 14.4 Å². The topological polar surface area (TPSA) is 108 Å². The normalized spacial score (nSPS) is 17.1. The van der Waals surface area contributed by atoms with E-state index in [-0.39, 0.29) is 29.8 Å². The highest BCUT2D eigenvalue weighted by Crippen LogP contribution is 2.27. The van der Waals surface area contributed by atoms with Crippen LogP contribution in [-0.4, -0.2) is 63.3 Å². The molecule has 4 rings (SSSR count). The number of nitrogens with zero attached hydrogens (tertiary/aromatic N) is 5. The molecule has 1 aliphatic heterocycles. The summed E-state index contributed by atoms with van der Waals surface area (Å²) in [5.41, 5.74) is 6.97. The molecule has 2 N–H and O–H groups in total. The van der Waals surface area contributed by atoms with Gasteiger partial charge in [-0.15, -0.1) is 5.10 Å². The number of aromatic nitrogens is 4. The van der Waals surface area contributed by atoms with Gasteiger partial charge in [-0.2, -0.15) is 4.52 Å². The minimum atomic E-state index is -0.500. The van der Waals surface area contributed by atoms with Crippen LogP contribution < -0.4 is 10.5 Å². The van der Waals surface area contributed by atoms with Crippen LogP contribution in [0.25, 0.3) is 16.6 Å². The molecule has 160 valence electrons. The van der Waals surface area contributed by atoms with Crippen molar-refractivity contribution in [3.8, 4) is 5.75 Å². The monoisotopic (exact) mass is 416 g/mol. The second-order valence-corrected chi connectivity index (χ2v) is 7.58. The predicted octanol–water partition coefficient (Wildman–Crippen LogP) is 1.97. The van der Waals surface area contributed by atoms with Crippen LogP contribution in [0.4, 0.5) is 10.3 Å². The molecule has 2 atom stereocenters. The summed E-state index contributed by atoms with van der Waals surface area (Å²) in [6.07, 6.45) is 2.68. The van der Waals surface area contributed by atoms with Crippen molar-refractivity contribution >= 4 is 28.4 Å². The van der Waals surface area contributed by atoms with E-state index in [4.69, 9.17) is 15.2 Å². The number of rotatable bonds is 7. The van der Waals surface area contributed by atoms with Crippen molar-refractivity contribution in [1.29, 1.82) is 0 Å². The lowest BCUT2D eigenvalue weighted by Gasteiger charge is -2.33. The highest BCUT2D eigenvalue weighted by Gasteiger charge is 2.30. The molecule has 30 heavy (non-hydrogen) atoms. The molecule has 1 aromatic carbocycles. The molecule has 1 aliphatic rings. The smallest absolute Gasteiger partial charge is 0.251 e. The highest BCUT2D eigenvalue weighted by atomic mass is 19.1. The number of amides is 1. The zero-order valence-corrected chi connectivity index (χ0v) is 17.3. The molecule has 3 heterocycles. The molecule has 0 spiro atoms. The molecule has 10 heteroatoms. The van der Waals surface area contributed by atoms with Crippen LogP contribution in [0.15, 0.2) is 12.1 Å². The summed E-state index contributed by atoms with van der Waals surface area (Å²) in [7, 11) is 3.20. The van der Waals surface area contributed by atoms with Gasteiger partial charge in [-0.1, -0.05) is 0 Å². The molecule has 9 nitrogen and oxygen atoms in total. The number of nitrogens with two attached hydrogens (primary N) is 1. The van der Waals surface area contributed by atoms with E-state index in [1.807, 2.05) is 6.92 Å². The van der Waals surface area contributed by atoms with E-state index in [2.05, 4.69) is 15.1 Å². The molecule has 0 radical (unpaired) electrons. The third-order valence-electron chi connectivity index (χ3n) is 5.62. The van der Waals surface area contributed by atoms with Crippen LogP contribution in [0.1, 0.15) is 32.0 Å². The Hall–Kier alpha value is -3.01. The number of fused-ring (bicyclic) bond motifs is 3. The second-order valence-electron chi connectivity index (χ2n) is 7.58. The average molecular weight is 416 g/mol. The van der Waals surface area contributed by atoms with Crippen LogP contribution in [-0.2, 0) is 16.0 Å². The number of carbonyl (C=O) groups is 1. The summed E-state index contributed by atoms with van der Waals surface area (Å²) < 4.78 is 25.9. The number of halogens is 1. The molecule has 0 saturated carbocycles. The fourth-order valence-electron chi connectivity index (χ4n) is 3.56. The van der Waals surface area contributed by atoms with Gasteiger partial charge in [0.05, 0.1) is 19.2 Å². The molecule has 0 aliphatic carbocycles. The molecular formula is C20H25FN6O3. The minimum Gasteiger partial charge on any atom is -0.494 e. The van der Waals surface area contributed by atoms with Gasteiger partial charge >= 0.3 is 0 Å². The van der Waals surface area contributed by atoms with Crippen LogP contribution in [0.2, 0.25) is 0 Å². The molecule has 1 fully saturated rings. The Labute approximate surface area is 173 Å². The van der Waals surface area contributed by atoms with Crippen LogP contribution in [0.3, 0.4) is 0 Å². The molecule has 1 unspecified atom stereocenters. The molecule has 0 bridgehead atoms. The first-order chi connectivity index (χ1) is 14.4. The van der Waals surface area contributed by atoms with Crippen LogP contribution in [0.5, 0.6) is 5.75 Å². The van der Waals surface area contributed by atoms with Crippen molar-refractivity contribution in [3.63, 3.8) is 0 Å². The minimum absolute atomic E-state index is 0.0300. The van der Waals surface area contributed by atoms with Gasteiger partial charge in [0.2, 0.25) is 5.95 Å². The van der Waals surface area contributed by atoms with Crippen molar-refractivity contribution < 1.29 is 18.7 Å². The molecular weight excluding hydrogens is 391 g/mol. The van der Waals surface area contributed by atoms with Crippen molar-refractivity contribution in [2.24, 2.45) is 0 Å². The van der Waals surface area contributed by atoms with E-state index >= 15 is 0 Å². The third-order valence-corrected chi connectivity index (χ3v) is 5.62. The lowest BCUT2D eigenvalue weighted by molar-refractivity contribution is -0.156. The van der Waals surface area contributed by atoms with E-state index in [1.165, 1.54) is 23.8 Å². The van der Waals surface area contributed by atoms with Gasteiger partial charge in [-0.05, 0) is 25.8 Å². The first-order valence-electron chi connectivity index (χ1n) is 9.95. The van der Waals surface area contributed by atoms with E-state index in [9.17, 15) is 9.18 Å². The maximum Gasteiger partial charge on any atom is 0.251 e. The summed E-state index contributed by atoms with van der Waals surface area (Å²) in [5.74, 6) is 0.389. The Morgan fingerprint density at radius 3 is 2.90 bits per heavy atom. The number of nitrogen functional groups attached to an aromatic ring is 1. The van der Waals surface area contributed by atoms with Gasteiger partial charge in [0.1, 0.15) is 6.10 Å². The molecule has 1 amide bonds. The second kappa shape index (κ2) is 8.02. The Kier molecular flexibility index (Phi) is 5.42. The zero-order chi connectivity index (χ0) is 21.4. The fourth-order valence-corrected chi connectivity index (χ4v) is 3.56. The number of anilines is 1. The average Bonchev–Trinajstić information content (AvgIpc) is 3.11. The van der Waals surface area contributed by atoms with Gasteiger partial charge in [0.25, 0.3) is 5.91 Å². The molecule has 2 aromatic heterocycles.